The van der Waals surface area contributed by atoms with Crippen LogP contribution in [0.1, 0.15) is 50.5 Å². The third-order valence-corrected chi connectivity index (χ3v) is 2.05. The third-order valence-electron chi connectivity index (χ3n) is 2.05. The zero-order valence-corrected chi connectivity index (χ0v) is 10.8. The van der Waals surface area contributed by atoms with Crippen molar-refractivity contribution in [3.8, 4) is 0 Å². The standard InChI is InChI=1S/C8H14O.C6H7NO/c1-3-4-5-6-7-8(2)9;1-5(8)6-3-2-4-7-6/h6-7H,3-5H2,1-2H3;2-4,7H,1H3. The first-order chi connectivity index (χ1) is 8.07. The van der Waals surface area contributed by atoms with Gasteiger partial charge in [0, 0.05) is 13.1 Å². The first kappa shape index (κ1) is 15.4. The Bertz CT molecular complexity index is 350. The first-order valence-corrected chi connectivity index (χ1v) is 5.89. The van der Waals surface area contributed by atoms with E-state index in [0.29, 0.717) is 5.69 Å². The van der Waals surface area contributed by atoms with E-state index < -0.39 is 0 Å². The van der Waals surface area contributed by atoms with Crippen molar-refractivity contribution < 1.29 is 9.59 Å². The lowest BCUT2D eigenvalue weighted by molar-refractivity contribution is -0.112. The van der Waals surface area contributed by atoms with E-state index in [-0.39, 0.29) is 11.6 Å². The molecule has 0 atom stereocenters. The molecule has 0 saturated carbocycles. The van der Waals surface area contributed by atoms with E-state index in [1.807, 2.05) is 6.08 Å². The topological polar surface area (TPSA) is 49.9 Å². The van der Waals surface area contributed by atoms with E-state index in [0.717, 1.165) is 6.42 Å². The molecule has 0 unspecified atom stereocenters. The van der Waals surface area contributed by atoms with Crippen molar-refractivity contribution in [3.63, 3.8) is 0 Å². The summed E-state index contributed by atoms with van der Waals surface area (Å²) >= 11 is 0. The highest BCUT2D eigenvalue weighted by atomic mass is 16.1. The Labute approximate surface area is 103 Å². The van der Waals surface area contributed by atoms with Crippen LogP contribution in [-0.4, -0.2) is 16.6 Å². The van der Waals surface area contributed by atoms with Gasteiger partial charge in [-0.1, -0.05) is 25.8 Å². The number of aromatic nitrogens is 1. The molecule has 0 aliphatic heterocycles. The molecule has 1 aromatic heterocycles. The number of carbonyl (C=O) groups is 2. The van der Waals surface area contributed by atoms with E-state index in [9.17, 15) is 9.59 Å². The third kappa shape index (κ3) is 9.30. The molecule has 0 aromatic carbocycles. The van der Waals surface area contributed by atoms with Gasteiger partial charge in [0.15, 0.2) is 11.6 Å². The van der Waals surface area contributed by atoms with E-state index in [2.05, 4.69) is 11.9 Å². The second kappa shape index (κ2) is 9.58. The number of hydrogen-bond acceptors (Lipinski definition) is 2. The van der Waals surface area contributed by atoms with Crippen LogP contribution in [0.25, 0.3) is 0 Å². The largest absolute Gasteiger partial charge is 0.359 e. The number of aromatic amines is 1. The average molecular weight is 235 g/mol. The first-order valence-electron chi connectivity index (χ1n) is 5.89. The minimum Gasteiger partial charge on any atom is -0.359 e. The van der Waals surface area contributed by atoms with Gasteiger partial charge in [-0.15, -0.1) is 0 Å². The predicted molar refractivity (Wildman–Crippen MR) is 70.1 cm³/mol. The number of ketones is 2. The van der Waals surface area contributed by atoms with Crippen LogP contribution in [0.2, 0.25) is 0 Å². The highest BCUT2D eigenvalue weighted by Crippen LogP contribution is 1.94. The fourth-order valence-electron chi connectivity index (χ4n) is 1.12. The van der Waals surface area contributed by atoms with E-state index in [1.54, 1.807) is 31.3 Å². The van der Waals surface area contributed by atoms with Crippen LogP contribution < -0.4 is 0 Å². The summed E-state index contributed by atoms with van der Waals surface area (Å²) in [7, 11) is 0. The van der Waals surface area contributed by atoms with Gasteiger partial charge in [0.1, 0.15) is 0 Å². The van der Waals surface area contributed by atoms with Crippen LogP contribution >= 0.6 is 0 Å². The van der Waals surface area contributed by atoms with E-state index in [1.165, 1.54) is 19.8 Å². The molecule has 0 radical (unpaired) electrons. The lowest BCUT2D eigenvalue weighted by Gasteiger charge is -1.85. The van der Waals surface area contributed by atoms with Crippen LogP contribution in [0, 0.1) is 0 Å². The lowest BCUT2D eigenvalue weighted by Crippen LogP contribution is -1.89. The summed E-state index contributed by atoms with van der Waals surface area (Å²) in [5.74, 6) is 0.223. The zero-order chi connectivity index (χ0) is 13.1. The Morgan fingerprint density at radius 2 is 2.06 bits per heavy atom. The van der Waals surface area contributed by atoms with Gasteiger partial charge in [-0.2, -0.15) is 0 Å². The van der Waals surface area contributed by atoms with Crippen LogP contribution in [0.5, 0.6) is 0 Å². The molecule has 94 valence electrons. The molecule has 3 nitrogen and oxygen atoms in total. The van der Waals surface area contributed by atoms with Crippen molar-refractivity contribution in [1.29, 1.82) is 0 Å². The molecule has 0 fully saturated rings. The quantitative estimate of drug-likeness (QED) is 0.482. The molecule has 1 rings (SSSR count). The number of carbonyl (C=O) groups excluding carboxylic acids is 2. The van der Waals surface area contributed by atoms with Crippen molar-refractivity contribution in [2.24, 2.45) is 0 Å². The molecular formula is C14H21NO2. The summed E-state index contributed by atoms with van der Waals surface area (Å²) in [5.41, 5.74) is 0.671. The Hall–Kier alpha value is -1.64. The van der Waals surface area contributed by atoms with Gasteiger partial charge >= 0.3 is 0 Å². The van der Waals surface area contributed by atoms with Gasteiger partial charge < -0.3 is 4.98 Å². The molecule has 3 heteroatoms. The van der Waals surface area contributed by atoms with E-state index >= 15 is 0 Å². The maximum atomic E-state index is 10.5. The van der Waals surface area contributed by atoms with Crippen LogP contribution in [0.15, 0.2) is 30.5 Å². The molecule has 1 N–H and O–H groups in total. The SMILES string of the molecule is CC(=O)c1ccc[nH]1.CCCCC=CC(C)=O. The van der Waals surface area contributed by atoms with Gasteiger partial charge in [-0.3, -0.25) is 9.59 Å². The van der Waals surface area contributed by atoms with Gasteiger partial charge in [0.05, 0.1) is 5.69 Å². The second-order valence-corrected chi connectivity index (χ2v) is 3.80. The molecule has 0 aliphatic rings. The lowest BCUT2D eigenvalue weighted by atomic mass is 10.2. The molecule has 1 heterocycles. The molecule has 0 amide bonds. The molecule has 0 aliphatic carbocycles. The Balaban J connectivity index is 0.000000302. The van der Waals surface area contributed by atoms with E-state index in [4.69, 9.17) is 0 Å². The summed E-state index contributed by atoms with van der Waals surface area (Å²) in [6.45, 7) is 5.25. The number of H-pyrrole nitrogens is 1. The van der Waals surface area contributed by atoms with Crippen LogP contribution in [-0.2, 0) is 4.79 Å². The average Bonchev–Trinajstić information content (AvgIpc) is 2.78. The summed E-state index contributed by atoms with van der Waals surface area (Å²) in [4.78, 5) is 23.6. The minimum atomic E-state index is 0.0787. The molecule has 17 heavy (non-hydrogen) atoms. The smallest absolute Gasteiger partial charge is 0.175 e. The Kier molecular flexibility index (Phi) is 8.65. The number of allylic oxidation sites excluding steroid dienone is 2. The molecule has 0 spiro atoms. The van der Waals surface area contributed by atoms with Crippen molar-refractivity contribution >= 4 is 11.6 Å². The summed E-state index contributed by atoms with van der Waals surface area (Å²) in [6, 6.07) is 3.55. The van der Waals surface area contributed by atoms with Crippen molar-refractivity contribution in [3.05, 3.63) is 36.2 Å². The number of rotatable bonds is 5. The Morgan fingerprint density at radius 1 is 1.35 bits per heavy atom. The van der Waals surface area contributed by atoms with Gasteiger partial charge in [0.2, 0.25) is 0 Å². The van der Waals surface area contributed by atoms with Crippen LogP contribution in [0.3, 0.4) is 0 Å². The number of unbranched alkanes of at least 4 members (excludes halogenated alkanes) is 2. The highest BCUT2D eigenvalue weighted by Gasteiger charge is 1.94. The fourth-order valence-corrected chi connectivity index (χ4v) is 1.12. The monoisotopic (exact) mass is 235 g/mol. The molecule has 0 saturated heterocycles. The van der Waals surface area contributed by atoms with Gasteiger partial charge in [-0.05, 0) is 31.6 Å². The maximum Gasteiger partial charge on any atom is 0.175 e. The van der Waals surface area contributed by atoms with Crippen molar-refractivity contribution in [1.82, 2.24) is 4.98 Å². The molecular weight excluding hydrogens is 214 g/mol. The van der Waals surface area contributed by atoms with Crippen LogP contribution in [0.4, 0.5) is 0 Å². The van der Waals surface area contributed by atoms with Crippen molar-refractivity contribution in [2.45, 2.75) is 40.0 Å². The minimum absolute atomic E-state index is 0.0787. The second-order valence-electron chi connectivity index (χ2n) is 3.80. The summed E-state index contributed by atoms with van der Waals surface area (Å²) in [5, 5.41) is 0. The number of Topliss-reactive ketones (excluding diaryl/α,β-unsaturated/α-hetero) is 1. The van der Waals surface area contributed by atoms with Crippen molar-refractivity contribution in [2.75, 3.05) is 0 Å². The fraction of sp³-hybridized carbons (Fsp3) is 0.429. The normalized spacial score (nSPS) is 9.82. The van der Waals surface area contributed by atoms with Gasteiger partial charge in [-0.25, -0.2) is 0 Å². The summed E-state index contributed by atoms with van der Waals surface area (Å²) in [6.07, 6.45) is 8.72. The Morgan fingerprint density at radius 3 is 2.41 bits per heavy atom. The number of hydrogen-bond donors (Lipinski definition) is 1. The molecule has 0 bridgehead atoms. The predicted octanol–water partition coefficient (Wildman–Crippen LogP) is 3.54. The highest BCUT2D eigenvalue weighted by molar-refractivity contribution is 5.92. The molecule has 1 aromatic rings. The van der Waals surface area contributed by atoms with Gasteiger partial charge in [0.25, 0.3) is 0 Å². The summed E-state index contributed by atoms with van der Waals surface area (Å²) < 4.78 is 0. The number of nitrogens with one attached hydrogen (secondary N) is 1. The maximum absolute atomic E-state index is 10.5. The zero-order valence-electron chi connectivity index (χ0n) is 10.8.